The summed E-state index contributed by atoms with van der Waals surface area (Å²) >= 11 is 0. The van der Waals surface area contributed by atoms with E-state index < -0.39 is 0 Å². The van der Waals surface area contributed by atoms with Crippen LogP contribution in [-0.2, 0) is 23.2 Å². The van der Waals surface area contributed by atoms with Crippen molar-refractivity contribution in [2.24, 2.45) is 11.1 Å². The molecule has 1 spiro atoms. The van der Waals surface area contributed by atoms with Gasteiger partial charge in [0.15, 0.2) is 0 Å². The number of aromatic nitrogens is 2. The van der Waals surface area contributed by atoms with Crippen LogP contribution < -0.4 is 15.4 Å². The van der Waals surface area contributed by atoms with E-state index in [1.54, 1.807) is 0 Å². The summed E-state index contributed by atoms with van der Waals surface area (Å²) < 4.78 is 11.4. The number of rotatable bonds is 8. The third-order valence-corrected chi connectivity index (χ3v) is 6.92. The van der Waals surface area contributed by atoms with Crippen LogP contribution in [0.5, 0.6) is 5.75 Å². The molecule has 0 unspecified atom stereocenters. The normalized spacial score (nSPS) is 16.9. The minimum Gasteiger partial charge on any atom is -0.487 e. The molecule has 2 saturated heterocycles. The Morgan fingerprint density at radius 2 is 1.67 bits per heavy atom. The molecular formula is C27H32N4O2. The Hall–Kier alpha value is -2.96. The maximum atomic E-state index is 6.03. The van der Waals surface area contributed by atoms with Crippen LogP contribution in [0.15, 0.2) is 60.8 Å². The van der Waals surface area contributed by atoms with Gasteiger partial charge in [0.1, 0.15) is 12.4 Å². The molecule has 5 rings (SSSR count). The zero-order chi connectivity index (χ0) is 22.9. The summed E-state index contributed by atoms with van der Waals surface area (Å²) in [7, 11) is 0. The fourth-order valence-electron chi connectivity index (χ4n) is 4.64. The van der Waals surface area contributed by atoms with Crippen LogP contribution in [0.25, 0.3) is 0 Å². The zero-order valence-corrected chi connectivity index (χ0v) is 19.5. The molecule has 0 amide bonds. The lowest BCUT2D eigenvalue weighted by Gasteiger charge is -2.54. The van der Waals surface area contributed by atoms with Crippen molar-refractivity contribution in [1.82, 2.24) is 9.97 Å². The zero-order valence-electron chi connectivity index (χ0n) is 19.5. The van der Waals surface area contributed by atoms with Gasteiger partial charge >= 0.3 is 0 Å². The van der Waals surface area contributed by atoms with Gasteiger partial charge < -0.3 is 20.1 Å². The summed E-state index contributed by atoms with van der Waals surface area (Å²) in [4.78, 5) is 11.3. The first kappa shape index (κ1) is 21.9. The third kappa shape index (κ3) is 4.45. The molecule has 2 fully saturated rings. The van der Waals surface area contributed by atoms with Crippen molar-refractivity contribution in [1.29, 1.82) is 0 Å². The SMILES string of the molecule is CC(C)(c1ccc(CCN)cc1)c1ccc(OCc2ccnc(N3CC4(COC4)C3)n2)cc1. The minimum atomic E-state index is -0.0958. The van der Waals surface area contributed by atoms with Crippen LogP contribution in [0.1, 0.15) is 36.2 Å². The molecule has 6 heteroatoms. The van der Waals surface area contributed by atoms with Crippen molar-refractivity contribution in [3.8, 4) is 5.75 Å². The van der Waals surface area contributed by atoms with Gasteiger partial charge in [0.25, 0.3) is 0 Å². The number of anilines is 1. The van der Waals surface area contributed by atoms with Gasteiger partial charge in [0.05, 0.1) is 24.3 Å². The molecule has 1 aromatic heterocycles. The summed E-state index contributed by atoms with van der Waals surface area (Å²) in [6, 6.07) is 19.1. The average Bonchev–Trinajstić information content (AvgIpc) is 2.77. The van der Waals surface area contributed by atoms with Crippen LogP contribution in [-0.4, -0.2) is 42.8 Å². The Bertz CT molecular complexity index is 1080. The minimum absolute atomic E-state index is 0.0958. The summed E-state index contributed by atoms with van der Waals surface area (Å²) in [5, 5.41) is 0. The lowest BCUT2D eigenvalue weighted by atomic mass is 9.78. The molecule has 33 heavy (non-hydrogen) atoms. The van der Waals surface area contributed by atoms with Gasteiger partial charge in [-0.05, 0) is 47.9 Å². The quantitative estimate of drug-likeness (QED) is 0.571. The topological polar surface area (TPSA) is 73.5 Å². The molecule has 2 aliphatic rings. The molecule has 3 heterocycles. The highest BCUT2D eigenvalue weighted by atomic mass is 16.5. The number of hydrogen-bond donors (Lipinski definition) is 1. The maximum absolute atomic E-state index is 6.03. The highest BCUT2D eigenvalue weighted by molar-refractivity contribution is 5.41. The van der Waals surface area contributed by atoms with Gasteiger partial charge in [-0.2, -0.15) is 0 Å². The van der Waals surface area contributed by atoms with E-state index >= 15 is 0 Å². The molecule has 0 aliphatic carbocycles. The van der Waals surface area contributed by atoms with Gasteiger partial charge in [-0.3, -0.25) is 0 Å². The van der Waals surface area contributed by atoms with Gasteiger partial charge in [0.2, 0.25) is 5.95 Å². The highest BCUT2D eigenvalue weighted by Crippen LogP contribution is 2.39. The Labute approximate surface area is 195 Å². The van der Waals surface area contributed by atoms with Gasteiger partial charge in [-0.25, -0.2) is 9.97 Å². The van der Waals surface area contributed by atoms with Gasteiger partial charge in [-0.15, -0.1) is 0 Å². The standard InChI is InChI=1S/C27H32N4O2/c1-26(2,21-5-3-20(4-6-21)11-13-28)22-7-9-24(10-8-22)33-15-23-12-14-29-25(30-23)31-16-27(17-31)18-32-19-27/h3-10,12,14H,11,13,15-19,28H2,1-2H3. The van der Waals surface area contributed by atoms with E-state index in [1.807, 2.05) is 24.4 Å². The summed E-state index contributed by atoms with van der Waals surface area (Å²) in [6.07, 6.45) is 2.72. The van der Waals surface area contributed by atoms with E-state index in [2.05, 4.69) is 60.1 Å². The Kier molecular flexibility index (Phi) is 5.81. The monoisotopic (exact) mass is 444 g/mol. The average molecular weight is 445 g/mol. The second-order valence-electron chi connectivity index (χ2n) is 9.87. The van der Waals surface area contributed by atoms with Crippen molar-refractivity contribution in [2.75, 3.05) is 37.7 Å². The number of ether oxygens (including phenoxy) is 2. The van der Waals surface area contributed by atoms with Crippen molar-refractivity contribution in [3.63, 3.8) is 0 Å². The molecule has 0 atom stereocenters. The van der Waals surface area contributed by atoms with Crippen LogP contribution in [0.4, 0.5) is 5.95 Å². The largest absolute Gasteiger partial charge is 0.487 e. The van der Waals surface area contributed by atoms with Crippen LogP contribution in [0.3, 0.4) is 0 Å². The molecule has 2 aliphatic heterocycles. The predicted octanol–water partition coefficient (Wildman–Crippen LogP) is 3.72. The van der Waals surface area contributed by atoms with E-state index in [9.17, 15) is 0 Å². The second-order valence-corrected chi connectivity index (χ2v) is 9.87. The molecule has 172 valence electrons. The third-order valence-electron chi connectivity index (χ3n) is 6.92. The van der Waals surface area contributed by atoms with Crippen LogP contribution in [0.2, 0.25) is 0 Å². The lowest BCUT2D eigenvalue weighted by molar-refractivity contribution is -0.127. The smallest absolute Gasteiger partial charge is 0.225 e. The molecule has 0 radical (unpaired) electrons. The van der Waals surface area contributed by atoms with E-state index in [4.69, 9.17) is 20.2 Å². The highest BCUT2D eigenvalue weighted by Gasteiger charge is 2.49. The van der Waals surface area contributed by atoms with E-state index in [1.165, 1.54) is 16.7 Å². The van der Waals surface area contributed by atoms with E-state index in [0.717, 1.165) is 50.1 Å². The van der Waals surface area contributed by atoms with E-state index in [-0.39, 0.29) is 5.41 Å². The van der Waals surface area contributed by atoms with Crippen molar-refractivity contribution >= 4 is 5.95 Å². The number of benzene rings is 2. The van der Waals surface area contributed by atoms with Crippen molar-refractivity contribution in [3.05, 3.63) is 83.2 Å². The molecule has 3 aromatic rings. The molecule has 2 N–H and O–H groups in total. The summed E-state index contributed by atoms with van der Waals surface area (Å²) in [6.45, 7) is 9.27. The van der Waals surface area contributed by atoms with Crippen molar-refractivity contribution < 1.29 is 9.47 Å². The van der Waals surface area contributed by atoms with E-state index in [0.29, 0.717) is 18.6 Å². The van der Waals surface area contributed by atoms with Crippen LogP contribution >= 0.6 is 0 Å². The first-order chi connectivity index (χ1) is 16.0. The Morgan fingerprint density at radius 1 is 1.00 bits per heavy atom. The molecule has 0 saturated carbocycles. The fraction of sp³-hybridized carbons (Fsp3) is 0.407. The maximum Gasteiger partial charge on any atom is 0.225 e. The summed E-state index contributed by atoms with van der Waals surface area (Å²) in [5.41, 5.74) is 10.6. The summed E-state index contributed by atoms with van der Waals surface area (Å²) in [5.74, 6) is 1.62. The molecule has 2 aromatic carbocycles. The van der Waals surface area contributed by atoms with Gasteiger partial charge in [-0.1, -0.05) is 50.2 Å². The Balaban J connectivity index is 1.20. The number of nitrogens with two attached hydrogens (primary N) is 1. The van der Waals surface area contributed by atoms with Gasteiger partial charge in [0, 0.05) is 24.7 Å². The Morgan fingerprint density at radius 3 is 2.27 bits per heavy atom. The fourth-order valence-corrected chi connectivity index (χ4v) is 4.64. The van der Waals surface area contributed by atoms with Crippen LogP contribution in [0, 0.1) is 5.41 Å². The second kappa shape index (κ2) is 8.76. The lowest BCUT2D eigenvalue weighted by Crippen LogP contribution is -2.66. The first-order valence-electron chi connectivity index (χ1n) is 11.6. The molecule has 0 bridgehead atoms. The molecule has 6 nitrogen and oxygen atoms in total. The number of nitrogens with zero attached hydrogens (tertiary/aromatic N) is 3. The van der Waals surface area contributed by atoms with Crippen molar-refractivity contribution in [2.45, 2.75) is 32.3 Å². The number of hydrogen-bond acceptors (Lipinski definition) is 6. The predicted molar refractivity (Wildman–Crippen MR) is 130 cm³/mol. The molecular weight excluding hydrogens is 412 g/mol. The first-order valence-corrected chi connectivity index (χ1v) is 11.6.